The molecule has 0 saturated heterocycles. The summed E-state index contributed by atoms with van der Waals surface area (Å²) in [7, 11) is 1.61. The van der Waals surface area contributed by atoms with Crippen molar-refractivity contribution in [3.63, 3.8) is 0 Å². The molecule has 3 nitrogen and oxygen atoms in total. The van der Waals surface area contributed by atoms with Crippen molar-refractivity contribution >= 4 is 0 Å². The Labute approximate surface area is 122 Å². The summed E-state index contributed by atoms with van der Waals surface area (Å²) in [4.78, 5) is 0. The van der Waals surface area contributed by atoms with Gasteiger partial charge in [0.1, 0.15) is 11.5 Å². The number of phenolic OH excluding ortho intramolecular Hbond substituents is 1. The normalized spacial score (nSPS) is 28.1. The molecule has 0 spiro atoms. The Bertz CT molecular complexity index is 447. The van der Waals surface area contributed by atoms with E-state index in [9.17, 15) is 5.11 Å². The molecule has 0 bridgehead atoms. The summed E-state index contributed by atoms with van der Waals surface area (Å²) in [6.07, 6.45) is 3.86. The van der Waals surface area contributed by atoms with E-state index in [1.807, 2.05) is 12.1 Å². The summed E-state index contributed by atoms with van der Waals surface area (Å²) in [5.74, 6) is 2.46. The summed E-state index contributed by atoms with van der Waals surface area (Å²) in [5, 5.41) is 13.8. The Kier molecular flexibility index (Phi) is 4.92. The number of methoxy groups -OCH3 is 1. The lowest BCUT2D eigenvalue weighted by Crippen LogP contribution is -2.41. The van der Waals surface area contributed by atoms with Crippen molar-refractivity contribution in [2.75, 3.05) is 7.11 Å². The highest BCUT2D eigenvalue weighted by Gasteiger charge is 2.28. The molecule has 1 aliphatic carbocycles. The van der Waals surface area contributed by atoms with E-state index in [-0.39, 0.29) is 6.04 Å². The SMILES string of the molecule is COc1ccc(C(C)NC2CCCC(C)C2C)c(O)c1. The van der Waals surface area contributed by atoms with Gasteiger partial charge in [-0.05, 0) is 31.2 Å². The van der Waals surface area contributed by atoms with Crippen molar-refractivity contribution in [3.8, 4) is 11.5 Å². The molecule has 4 unspecified atom stereocenters. The zero-order chi connectivity index (χ0) is 14.7. The molecular formula is C17H27NO2. The molecule has 1 aromatic carbocycles. The number of nitrogens with one attached hydrogen (secondary N) is 1. The van der Waals surface area contributed by atoms with Gasteiger partial charge in [-0.3, -0.25) is 0 Å². The quantitative estimate of drug-likeness (QED) is 0.877. The van der Waals surface area contributed by atoms with Gasteiger partial charge < -0.3 is 15.2 Å². The zero-order valence-electron chi connectivity index (χ0n) is 13.0. The lowest BCUT2D eigenvalue weighted by atomic mass is 9.77. The van der Waals surface area contributed by atoms with Gasteiger partial charge >= 0.3 is 0 Å². The molecule has 0 radical (unpaired) electrons. The minimum Gasteiger partial charge on any atom is -0.507 e. The summed E-state index contributed by atoms with van der Waals surface area (Å²) < 4.78 is 5.13. The number of rotatable bonds is 4. The van der Waals surface area contributed by atoms with Gasteiger partial charge in [-0.15, -0.1) is 0 Å². The molecule has 1 saturated carbocycles. The van der Waals surface area contributed by atoms with Crippen LogP contribution in [0.5, 0.6) is 11.5 Å². The van der Waals surface area contributed by atoms with Crippen LogP contribution in [0.25, 0.3) is 0 Å². The van der Waals surface area contributed by atoms with E-state index in [0.717, 1.165) is 11.5 Å². The first-order valence-electron chi connectivity index (χ1n) is 7.66. The number of ether oxygens (including phenoxy) is 1. The van der Waals surface area contributed by atoms with Crippen molar-refractivity contribution in [3.05, 3.63) is 23.8 Å². The number of benzene rings is 1. The Morgan fingerprint density at radius 1 is 1.30 bits per heavy atom. The van der Waals surface area contributed by atoms with E-state index >= 15 is 0 Å². The first kappa shape index (κ1) is 15.2. The van der Waals surface area contributed by atoms with Crippen LogP contribution in [-0.4, -0.2) is 18.3 Å². The maximum absolute atomic E-state index is 10.1. The van der Waals surface area contributed by atoms with Crippen LogP contribution in [0.3, 0.4) is 0 Å². The van der Waals surface area contributed by atoms with Crippen molar-refractivity contribution in [2.24, 2.45) is 11.8 Å². The number of aromatic hydroxyl groups is 1. The van der Waals surface area contributed by atoms with Crippen LogP contribution in [0.15, 0.2) is 18.2 Å². The molecule has 3 heteroatoms. The molecule has 0 aromatic heterocycles. The van der Waals surface area contributed by atoms with Crippen LogP contribution >= 0.6 is 0 Å². The Hall–Kier alpha value is -1.22. The monoisotopic (exact) mass is 277 g/mol. The largest absolute Gasteiger partial charge is 0.507 e. The maximum atomic E-state index is 10.1. The van der Waals surface area contributed by atoms with Crippen LogP contribution in [0.2, 0.25) is 0 Å². The van der Waals surface area contributed by atoms with Gasteiger partial charge in [0.25, 0.3) is 0 Å². The van der Waals surface area contributed by atoms with Crippen molar-refractivity contribution in [2.45, 2.75) is 52.1 Å². The second kappa shape index (κ2) is 6.49. The fraction of sp³-hybridized carbons (Fsp3) is 0.647. The molecule has 20 heavy (non-hydrogen) atoms. The Balaban J connectivity index is 2.06. The minimum absolute atomic E-state index is 0.152. The van der Waals surface area contributed by atoms with Gasteiger partial charge in [0.15, 0.2) is 0 Å². The fourth-order valence-electron chi connectivity index (χ4n) is 3.24. The predicted octanol–water partition coefficient (Wildman–Crippen LogP) is 3.88. The summed E-state index contributed by atoms with van der Waals surface area (Å²) in [5.41, 5.74) is 0.941. The van der Waals surface area contributed by atoms with Gasteiger partial charge in [0.05, 0.1) is 7.11 Å². The molecule has 1 aliphatic rings. The van der Waals surface area contributed by atoms with Crippen LogP contribution in [0, 0.1) is 11.8 Å². The first-order valence-corrected chi connectivity index (χ1v) is 7.66. The average molecular weight is 277 g/mol. The Morgan fingerprint density at radius 3 is 2.70 bits per heavy atom. The number of hydrogen-bond acceptors (Lipinski definition) is 3. The predicted molar refractivity (Wildman–Crippen MR) is 82.2 cm³/mol. The molecular weight excluding hydrogens is 250 g/mol. The van der Waals surface area contributed by atoms with Gasteiger partial charge in [0, 0.05) is 23.7 Å². The van der Waals surface area contributed by atoms with Crippen LogP contribution < -0.4 is 10.1 Å². The fourth-order valence-corrected chi connectivity index (χ4v) is 3.24. The van der Waals surface area contributed by atoms with Crippen molar-refractivity contribution in [1.29, 1.82) is 0 Å². The molecule has 2 N–H and O–H groups in total. The first-order chi connectivity index (χ1) is 9.52. The molecule has 1 fully saturated rings. The van der Waals surface area contributed by atoms with Gasteiger partial charge in [-0.25, -0.2) is 0 Å². The smallest absolute Gasteiger partial charge is 0.124 e. The summed E-state index contributed by atoms with van der Waals surface area (Å²) >= 11 is 0. The van der Waals surface area contributed by atoms with E-state index in [0.29, 0.717) is 23.5 Å². The average Bonchev–Trinajstić information content (AvgIpc) is 2.43. The second-order valence-corrected chi connectivity index (χ2v) is 6.19. The number of hydrogen-bond donors (Lipinski definition) is 2. The second-order valence-electron chi connectivity index (χ2n) is 6.19. The summed E-state index contributed by atoms with van der Waals surface area (Å²) in [6.45, 7) is 6.80. The van der Waals surface area contributed by atoms with Gasteiger partial charge in [-0.2, -0.15) is 0 Å². The molecule has 4 atom stereocenters. The van der Waals surface area contributed by atoms with Crippen LogP contribution in [-0.2, 0) is 0 Å². The highest BCUT2D eigenvalue weighted by atomic mass is 16.5. The third kappa shape index (κ3) is 3.26. The van der Waals surface area contributed by atoms with E-state index in [4.69, 9.17) is 4.74 Å². The molecule has 2 rings (SSSR count). The van der Waals surface area contributed by atoms with Crippen LogP contribution in [0.4, 0.5) is 0 Å². The van der Waals surface area contributed by atoms with Gasteiger partial charge in [0.2, 0.25) is 0 Å². The zero-order valence-corrected chi connectivity index (χ0v) is 13.0. The highest BCUT2D eigenvalue weighted by Crippen LogP contribution is 2.33. The minimum atomic E-state index is 0.152. The third-order valence-corrected chi connectivity index (χ3v) is 4.88. The lowest BCUT2D eigenvalue weighted by molar-refractivity contribution is 0.195. The highest BCUT2D eigenvalue weighted by molar-refractivity contribution is 5.41. The Morgan fingerprint density at radius 2 is 2.05 bits per heavy atom. The number of phenols is 1. The topological polar surface area (TPSA) is 41.5 Å². The van der Waals surface area contributed by atoms with E-state index in [1.165, 1.54) is 19.3 Å². The van der Waals surface area contributed by atoms with Gasteiger partial charge in [-0.1, -0.05) is 32.8 Å². The van der Waals surface area contributed by atoms with E-state index in [2.05, 4.69) is 26.1 Å². The van der Waals surface area contributed by atoms with E-state index in [1.54, 1.807) is 13.2 Å². The van der Waals surface area contributed by atoms with Crippen molar-refractivity contribution in [1.82, 2.24) is 5.32 Å². The van der Waals surface area contributed by atoms with E-state index < -0.39 is 0 Å². The molecule has 112 valence electrons. The molecule has 1 aromatic rings. The van der Waals surface area contributed by atoms with Crippen molar-refractivity contribution < 1.29 is 9.84 Å². The molecule has 0 heterocycles. The standard InChI is InChI=1S/C17H27NO2/c1-11-6-5-7-16(12(11)2)18-13(3)15-9-8-14(20-4)10-17(15)19/h8-13,16,18-19H,5-7H2,1-4H3. The third-order valence-electron chi connectivity index (χ3n) is 4.88. The molecule has 0 amide bonds. The molecule has 0 aliphatic heterocycles. The maximum Gasteiger partial charge on any atom is 0.124 e. The summed E-state index contributed by atoms with van der Waals surface area (Å²) in [6, 6.07) is 6.22. The lowest BCUT2D eigenvalue weighted by Gasteiger charge is -2.36. The van der Waals surface area contributed by atoms with Crippen LogP contribution in [0.1, 0.15) is 51.6 Å².